The summed E-state index contributed by atoms with van der Waals surface area (Å²) in [6, 6.07) is 0.943. The maximum Gasteiger partial charge on any atom is 0.309 e. The first-order valence-electron chi connectivity index (χ1n) is 3.86. The highest BCUT2D eigenvalue weighted by Crippen LogP contribution is 2.27. The van der Waals surface area contributed by atoms with Crippen molar-refractivity contribution in [1.29, 1.82) is 0 Å². The molecule has 0 saturated carbocycles. The van der Waals surface area contributed by atoms with Gasteiger partial charge in [0, 0.05) is 5.56 Å². The number of anilines is 1. The Morgan fingerprint density at radius 2 is 2.27 bits per heavy atom. The van der Waals surface area contributed by atoms with Gasteiger partial charge in [-0.15, -0.1) is 0 Å². The van der Waals surface area contributed by atoms with E-state index in [2.05, 4.69) is 4.98 Å². The number of pyridine rings is 1. The minimum atomic E-state index is -2.83. The van der Waals surface area contributed by atoms with Crippen LogP contribution in [0, 0.1) is 0 Å². The summed E-state index contributed by atoms with van der Waals surface area (Å²) < 4.78 is 24.9. The first-order valence-corrected chi connectivity index (χ1v) is 4.24. The number of aromatic nitrogens is 1. The minimum Gasteiger partial charge on any atom is -0.481 e. The van der Waals surface area contributed by atoms with Gasteiger partial charge in [-0.05, 0) is 6.07 Å². The second kappa shape index (κ2) is 4.39. The van der Waals surface area contributed by atoms with Crippen LogP contribution < -0.4 is 5.73 Å². The topological polar surface area (TPSA) is 76.2 Å². The number of hydrogen-bond donors (Lipinski definition) is 2. The molecule has 0 saturated heterocycles. The fraction of sp³-hybridized carbons (Fsp3) is 0.250. The monoisotopic (exact) mass is 236 g/mol. The van der Waals surface area contributed by atoms with Crippen LogP contribution in [0.15, 0.2) is 6.07 Å². The van der Waals surface area contributed by atoms with Crippen LogP contribution in [0.4, 0.5) is 14.5 Å². The Morgan fingerprint density at radius 1 is 1.67 bits per heavy atom. The van der Waals surface area contributed by atoms with Gasteiger partial charge in [0.15, 0.2) is 5.15 Å². The molecule has 0 aliphatic heterocycles. The number of rotatable bonds is 3. The van der Waals surface area contributed by atoms with Crippen molar-refractivity contribution in [3.63, 3.8) is 0 Å². The van der Waals surface area contributed by atoms with E-state index in [1.54, 1.807) is 0 Å². The number of hydrogen-bond acceptors (Lipinski definition) is 3. The highest BCUT2D eigenvalue weighted by atomic mass is 35.5. The summed E-state index contributed by atoms with van der Waals surface area (Å²) in [7, 11) is 0. The molecule has 4 nitrogen and oxygen atoms in total. The summed E-state index contributed by atoms with van der Waals surface area (Å²) in [6.07, 6.45) is -3.44. The van der Waals surface area contributed by atoms with E-state index in [1.807, 2.05) is 0 Å². The quantitative estimate of drug-likeness (QED) is 0.786. The molecule has 1 rings (SSSR count). The Balaban J connectivity index is 3.21. The summed E-state index contributed by atoms with van der Waals surface area (Å²) in [5, 5.41) is 8.30. The van der Waals surface area contributed by atoms with E-state index in [-0.39, 0.29) is 16.5 Å². The molecule has 0 radical (unpaired) electrons. The number of alkyl halides is 2. The molecule has 0 unspecified atom stereocenters. The lowest BCUT2D eigenvalue weighted by molar-refractivity contribution is -0.136. The molecule has 82 valence electrons. The van der Waals surface area contributed by atoms with Gasteiger partial charge < -0.3 is 10.8 Å². The normalized spacial score (nSPS) is 10.7. The average molecular weight is 237 g/mol. The predicted molar refractivity (Wildman–Crippen MR) is 50.0 cm³/mol. The smallest absolute Gasteiger partial charge is 0.309 e. The standard InChI is InChI=1S/C8H7ClF2N2O2/c9-7-4(12)1-3(8(10)11)5(13-7)2-6(14)15/h1,8H,2,12H2,(H,14,15). The van der Waals surface area contributed by atoms with Gasteiger partial charge in [0.05, 0.1) is 17.8 Å². The van der Waals surface area contributed by atoms with Crippen molar-refractivity contribution in [3.8, 4) is 0 Å². The van der Waals surface area contributed by atoms with E-state index in [9.17, 15) is 13.6 Å². The molecule has 3 N–H and O–H groups in total. The van der Waals surface area contributed by atoms with E-state index in [0.717, 1.165) is 6.07 Å². The molecule has 0 fully saturated rings. The summed E-state index contributed by atoms with van der Waals surface area (Å²) >= 11 is 5.50. The van der Waals surface area contributed by atoms with Crippen LogP contribution >= 0.6 is 11.6 Å². The van der Waals surface area contributed by atoms with Gasteiger partial charge in [0.1, 0.15) is 0 Å². The molecular weight excluding hydrogens is 230 g/mol. The third-order valence-corrected chi connectivity index (χ3v) is 1.97. The molecule has 1 heterocycles. The predicted octanol–water partition coefficient (Wildman–Crippen LogP) is 1.88. The number of carboxylic acids is 1. The van der Waals surface area contributed by atoms with Gasteiger partial charge in [-0.25, -0.2) is 13.8 Å². The first kappa shape index (κ1) is 11.6. The number of aliphatic carboxylic acids is 1. The molecule has 0 atom stereocenters. The molecule has 0 spiro atoms. The molecule has 0 bridgehead atoms. The van der Waals surface area contributed by atoms with E-state index < -0.39 is 24.4 Å². The number of halogens is 3. The van der Waals surface area contributed by atoms with Crippen molar-refractivity contribution < 1.29 is 18.7 Å². The average Bonchev–Trinajstić information content (AvgIpc) is 2.09. The zero-order chi connectivity index (χ0) is 11.6. The van der Waals surface area contributed by atoms with E-state index in [1.165, 1.54) is 0 Å². The van der Waals surface area contributed by atoms with Gasteiger partial charge in [-0.1, -0.05) is 11.6 Å². The number of nitrogens with zero attached hydrogens (tertiary/aromatic N) is 1. The van der Waals surface area contributed by atoms with Gasteiger partial charge in [0.25, 0.3) is 6.43 Å². The Labute approximate surface area is 88.7 Å². The van der Waals surface area contributed by atoms with Crippen molar-refractivity contribution >= 4 is 23.3 Å². The summed E-state index contributed by atoms with van der Waals surface area (Å²) in [6.45, 7) is 0. The van der Waals surface area contributed by atoms with E-state index in [4.69, 9.17) is 22.4 Å². The van der Waals surface area contributed by atoms with Crippen LogP contribution in [0.1, 0.15) is 17.7 Å². The van der Waals surface area contributed by atoms with Gasteiger partial charge in [-0.3, -0.25) is 4.79 Å². The summed E-state index contributed by atoms with van der Waals surface area (Å²) in [5.74, 6) is -1.26. The van der Waals surface area contributed by atoms with Gasteiger partial charge in [-0.2, -0.15) is 0 Å². The largest absolute Gasteiger partial charge is 0.481 e. The van der Waals surface area contributed by atoms with Crippen LogP contribution in [0.25, 0.3) is 0 Å². The molecule has 0 aromatic carbocycles. The van der Waals surface area contributed by atoms with Crippen LogP contribution in [0.5, 0.6) is 0 Å². The van der Waals surface area contributed by atoms with Crippen molar-refractivity contribution in [3.05, 3.63) is 22.5 Å². The summed E-state index contributed by atoms with van der Waals surface area (Å²) in [5.41, 5.74) is 4.42. The van der Waals surface area contributed by atoms with Crippen LogP contribution in [0.3, 0.4) is 0 Å². The zero-order valence-corrected chi connectivity index (χ0v) is 8.13. The second-order valence-electron chi connectivity index (χ2n) is 2.78. The highest BCUT2D eigenvalue weighted by molar-refractivity contribution is 6.31. The number of carbonyl (C=O) groups is 1. The lowest BCUT2D eigenvalue weighted by Crippen LogP contribution is -2.08. The maximum absolute atomic E-state index is 12.5. The van der Waals surface area contributed by atoms with Crippen molar-refractivity contribution in [2.75, 3.05) is 5.73 Å². The Kier molecular flexibility index (Phi) is 3.41. The van der Waals surface area contributed by atoms with E-state index in [0.29, 0.717) is 0 Å². The Morgan fingerprint density at radius 3 is 2.73 bits per heavy atom. The fourth-order valence-corrected chi connectivity index (χ4v) is 1.19. The van der Waals surface area contributed by atoms with Crippen LogP contribution in [-0.2, 0) is 11.2 Å². The first-order chi connectivity index (χ1) is 6.91. The molecule has 1 aromatic rings. The molecule has 0 amide bonds. The van der Waals surface area contributed by atoms with Crippen molar-refractivity contribution in [2.45, 2.75) is 12.8 Å². The van der Waals surface area contributed by atoms with E-state index >= 15 is 0 Å². The maximum atomic E-state index is 12.5. The van der Waals surface area contributed by atoms with Gasteiger partial charge >= 0.3 is 5.97 Å². The summed E-state index contributed by atoms with van der Waals surface area (Å²) in [4.78, 5) is 13.9. The molecule has 1 aromatic heterocycles. The number of nitrogens with two attached hydrogens (primary N) is 1. The third kappa shape index (κ3) is 2.76. The second-order valence-corrected chi connectivity index (χ2v) is 3.13. The van der Waals surface area contributed by atoms with Gasteiger partial charge in [0.2, 0.25) is 0 Å². The third-order valence-electron chi connectivity index (χ3n) is 1.67. The van der Waals surface area contributed by atoms with Crippen LogP contribution in [-0.4, -0.2) is 16.1 Å². The lowest BCUT2D eigenvalue weighted by Gasteiger charge is -2.08. The number of carboxylic acid groups (broad SMARTS) is 1. The van der Waals surface area contributed by atoms with Crippen molar-refractivity contribution in [2.24, 2.45) is 0 Å². The minimum absolute atomic E-state index is 0.0962. The highest BCUT2D eigenvalue weighted by Gasteiger charge is 2.18. The SMILES string of the molecule is Nc1cc(C(F)F)c(CC(=O)O)nc1Cl. The lowest BCUT2D eigenvalue weighted by atomic mass is 10.1. The van der Waals surface area contributed by atoms with Crippen molar-refractivity contribution in [1.82, 2.24) is 4.98 Å². The molecule has 0 aliphatic carbocycles. The number of nitrogen functional groups attached to an aromatic ring is 1. The Hall–Kier alpha value is -1.43. The molecule has 7 heteroatoms. The molecular formula is C8H7ClF2N2O2. The fourth-order valence-electron chi connectivity index (χ4n) is 1.03. The molecule has 15 heavy (non-hydrogen) atoms. The van der Waals surface area contributed by atoms with Crippen LogP contribution in [0.2, 0.25) is 5.15 Å². The zero-order valence-electron chi connectivity index (χ0n) is 7.38. The Bertz CT molecular complexity index is 398. The molecule has 0 aliphatic rings.